The minimum atomic E-state index is -2.13. The Balaban J connectivity index is 2.76. The van der Waals surface area contributed by atoms with Crippen molar-refractivity contribution in [2.45, 2.75) is 12.2 Å². The molecule has 0 aliphatic rings. The van der Waals surface area contributed by atoms with E-state index < -0.39 is 7.34 Å². The molecule has 0 aliphatic carbocycles. The topological polar surface area (TPSA) is 53.7 Å². The first-order chi connectivity index (χ1) is 10.0. The summed E-state index contributed by atoms with van der Waals surface area (Å²) in [5.74, 6) is 0.0439. The summed E-state index contributed by atoms with van der Waals surface area (Å²) >= 11 is 0. The molecular formula is C15H24BNO3P. The minimum absolute atomic E-state index is 0.0439. The van der Waals surface area contributed by atoms with E-state index in [-0.39, 0.29) is 12.5 Å². The highest BCUT2D eigenvalue weighted by atomic mass is 31.2. The van der Waals surface area contributed by atoms with E-state index in [0.717, 1.165) is 12.0 Å². The van der Waals surface area contributed by atoms with E-state index in [1.54, 1.807) is 21.7 Å². The lowest BCUT2D eigenvalue weighted by Gasteiger charge is -2.25. The summed E-state index contributed by atoms with van der Waals surface area (Å²) in [5, 5.41) is 0. The Hall–Kier alpha value is -0.835. The number of allylic oxidation sites excluding steroid dienone is 1. The summed E-state index contributed by atoms with van der Waals surface area (Å²) in [6.07, 6.45) is 5.43. The summed E-state index contributed by atoms with van der Waals surface area (Å²) in [6.45, 7) is 4.31. The summed E-state index contributed by atoms with van der Waals surface area (Å²) in [7, 11) is 2.84. The molecule has 0 saturated carbocycles. The molecule has 0 heterocycles. The zero-order chi connectivity index (χ0) is 15.7. The van der Waals surface area contributed by atoms with Crippen molar-refractivity contribution in [3.8, 4) is 0 Å². The third-order valence-electron chi connectivity index (χ3n) is 3.29. The van der Waals surface area contributed by atoms with Gasteiger partial charge in [0.25, 0.3) is 0 Å². The molecule has 0 spiro atoms. The van der Waals surface area contributed by atoms with E-state index in [1.165, 1.54) is 5.56 Å². The van der Waals surface area contributed by atoms with E-state index in [9.17, 15) is 0 Å². The summed E-state index contributed by atoms with van der Waals surface area (Å²) in [5.41, 5.74) is 7.60. The normalized spacial score (nSPS) is 12.9. The Labute approximate surface area is 128 Å². The Morgan fingerprint density at radius 2 is 1.90 bits per heavy atom. The SMILES string of the molecule is C=C(CP(=C)(OC)OC)[C@@H]([B]OCN)Cc1ccccc1. The fourth-order valence-corrected chi connectivity index (χ4v) is 3.22. The fourth-order valence-electron chi connectivity index (χ4n) is 1.96. The van der Waals surface area contributed by atoms with Gasteiger partial charge in [-0.1, -0.05) is 48.8 Å². The average Bonchev–Trinajstić information content (AvgIpc) is 2.52. The lowest BCUT2D eigenvalue weighted by Crippen LogP contribution is -2.18. The van der Waals surface area contributed by atoms with Crippen LogP contribution in [0.25, 0.3) is 0 Å². The quantitative estimate of drug-likeness (QED) is 0.312. The number of hydrogen-bond acceptors (Lipinski definition) is 4. The lowest BCUT2D eigenvalue weighted by atomic mass is 9.72. The van der Waals surface area contributed by atoms with Gasteiger partial charge in [0.05, 0.1) is 6.73 Å². The zero-order valence-electron chi connectivity index (χ0n) is 12.8. The number of hydrogen-bond donors (Lipinski definition) is 1. The van der Waals surface area contributed by atoms with Crippen molar-refractivity contribution in [2.24, 2.45) is 5.73 Å². The number of nitrogens with two attached hydrogens (primary N) is 1. The van der Waals surface area contributed by atoms with Gasteiger partial charge in [-0.15, -0.1) is 0 Å². The van der Waals surface area contributed by atoms with Crippen LogP contribution in [-0.4, -0.2) is 40.9 Å². The largest absolute Gasteiger partial charge is 0.428 e. The van der Waals surface area contributed by atoms with Crippen LogP contribution in [0.2, 0.25) is 5.82 Å². The van der Waals surface area contributed by atoms with Gasteiger partial charge in [-0.2, -0.15) is 0 Å². The maximum atomic E-state index is 5.41. The van der Waals surface area contributed by atoms with Gasteiger partial charge in [-0.05, 0) is 17.8 Å². The molecule has 0 unspecified atom stereocenters. The van der Waals surface area contributed by atoms with Gasteiger partial charge in [-0.25, -0.2) is 0 Å². The van der Waals surface area contributed by atoms with Gasteiger partial charge in [-0.3, -0.25) is 0 Å². The van der Waals surface area contributed by atoms with E-state index in [4.69, 9.17) is 19.4 Å². The number of rotatable bonds is 10. The Morgan fingerprint density at radius 1 is 1.29 bits per heavy atom. The zero-order valence-corrected chi connectivity index (χ0v) is 13.7. The van der Waals surface area contributed by atoms with E-state index in [2.05, 4.69) is 25.0 Å². The maximum Gasteiger partial charge on any atom is 0.302 e. The first kappa shape index (κ1) is 18.2. The van der Waals surface area contributed by atoms with Gasteiger partial charge in [0.15, 0.2) is 0 Å². The van der Waals surface area contributed by atoms with Crippen molar-refractivity contribution < 1.29 is 13.7 Å². The second-order valence-corrected chi connectivity index (χ2v) is 7.44. The highest BCUT2D eigenvalue weighted by Crippen LogP contribution is 2.48. The Morgan fingerprint density at radius 3 is 2.43 bits per heavy atom. The first-order valence-electron chi connectivity index (χ1n) is 6.75. The van der Waals surface area contributed by atoms with Crippen LogP contribution in [-0.2, 0) is 20.1 Å². The van der Waals surface area contributed by atoms with E-state index in [0.29, 0.717) is 6.16 Å². The minimum Gasteiger partial charge on any atom is -0.428 e. The molecule has 0 fully saturated rings. The molecular weight excluding hydrogens is 284 g/mol. The standard InChI is InChI=1S/C15H24BNO3P/c1-13(11-21(4,18-2)19-3)15(16-20-12-17)10-14-8-6-5-7-9-14/h5-9,15H,1,4,10-12,17H2,2-3H3/t15-/m0/s1. The van der Waals surface area contributed by atoms with Crippen molar-refractivity contribution in [1.29, 1.82) is 0 Å². The molecule has 0 aromatic heterocycles. The number of benzene rings is 1. The molecule has 21 heavy (non-hydrogen) atoms. The highest BCUT2D eigenvalue weighted by molar-refractivity contribution is 7.64. The molecule has 6 heteroatoms. The Bertz CT molecular complexity index is 473. The van der Waals surface area contributed by atoms with Gasteiger partial charge in [0.2, 0.25) is 0 Å². The van der Waals surface area contributed by atoms with E-state index in [1.807, 2.05) is 18.2 Å². The van der Waals surface area contributed by atoms with Crippen LogP contribution in [0, 0.1) is 0 Å². The van der Waals surface area contributed by atoms with Gasteiger partial charge >= 0.3 is 7.48 Å². The summed E-state index contributed by atoms with van der Waals surface area (Å²) < 4.78 is 16.1. The molecule has 0 bridgehead atoms. The van der Waals surface area contributed by atoms with Crippen LogP contribution in [0.15, 0.2) is 42.5 Å². The molecule has 2 N–H and O–H groups in total. The van der Waals surface area contributed by atoms with Crippen LogP contribution in [0.5, 0.6) is 0 Å². The maximum absolute atomic E-state index is 5.41. The molecule has 0 amide bonds. The van der Waals surface area contributed by atoms with Crippen LogP contribution in [0.4, 0.5) is 0 Å². The smallest absolute Gasteiger partial charge is 0.302 e. The Kier molecular flexibility index (Phi) is 8.01. The van der Waals surface area contributed by atoms with Crippen molar-refractivity contribution in [3.05, 3.63) is 48.0 Å². The van der Waals surface area contributed by atoms with Crippen LogP contribution < -0.4 is 5.73 Å². The predicted octanol–water partition coefficient (Wildman–Crippen LogP) is 2.70. The second-order valence-electron chi connectivity index (χ2n) is 4.76. The molecule has 1 aromatic carbocycles. The highest BCUT2D eigenvalue weighted by Gasteiger charge is 2.22. The van der Waals surface area contributed by atoms with Gasteiger partial charge < -0.3 is 19.4 Å². The summed E-state index contributed by atoms with van der Waals surface area (Å²) in [4.78, 5) is 0. The first-order valence-corrected chi connectivity index (χ1v) is 8.74. The predicted molar refractivity (Wildman–Crippen MR) is 91.9 cm³/mol. The molecule has 115 valence electrons. The molecule has 0 aliphatic heterocycles. The molecule has 1 radical (unpaired) electrons. The van der Waals surface area contributed by atoms with Gasteiger partial charge in [0.1, 0.15) is 7.34 Å². The monoisotopic (exact) mass is 308 g/mol. The van der Waals surface area contributed by atoms with Crippen molar-refractivity contribution in [2.75, 3.05) is 27.1 Å². The van der Waals surface area contributed by atoms with E-state index >= 15 is 0 Å². The van der Waals surface area contributed by atoms with Crippen LogP contribution in [0.1, 0.15) is 5.56 Å². The molecule has 1 aromatic rings. The van der Waals surface area contributed by atoms with Gasteiger partial charge in [0, 0.05) is 20.4 Å². The second kappa shape index (κ2) is 9.24. The molecule has 4 nitrogen and oxygen atoms in total. The lowest BCUT2D eigenvalue weighted by molar-refractivity contribution is 0.335. The molecule has 1 rings (SSSR count). The van der Waals surface area contributed by atoms with Crippen molar-refractivity contribution in [1.82, 2.24) is 0 Å². The average molecular weight is 308 g/mol. The van der Waals surface area contributed by atoms with Crippen molar-refractivity contribution >= 4 is 21.1 Å². The molecule has 0 saturated heterocycles. The van der Waals surface area contributed by atoms with Crippen molar-refractivity contribution in [3.63, 3.8) is 0 Å². The third kappa shape index (κ3) is 6.21. The fraction of sp³-hybridized carbons (Fsp3) is 0.400. The third-order valence-corrected chi connectivity index (χ3v) is 5.51. The molecule has 1 atom stereocenters. The van der Waals surface area contributed by atoms with Crippen LogP contribution in [0.3, 0.4) is 0 Å². The summed E-state index contributed by atoms with van der Waals surface area (Å²) in [6, 6.07) is 10.2. The van der Waals surface area contributed by atoms with Crippen LogP contribution >= 0.6 is 7.34 Å².